The molecule has 2 aliphatic rings. The molecule has 18 heavy (non-hydrogen) atoms. The van der Waals surface area contributed by atoms with Gasteiger partial charge in [-0.3, -0.25) is 0 Å². The van der Waals surface area contributed by atoms with Gasteiger partial charge in [0.25, 0.3) is 0 Å². The maximum absolute atomic E-state index is 9.71. The van der Waals surface area contributed by atoms with E-state index in [1.54, 1.807) is 0 Å². The molecule has 0 amide bonds. The zero-order chi connectivity index (χ0) is 13.2. The summed E-state index contributed by atoms with van der Waals surface area (Å²) in [5.41, 5.74) is 0.510. The quantitative estimate of drug-likeness (QED) is 0.760. The smallest absolute Gasteiger partial charge is 0.231 e. The zero-order valence-corrected chi connectivity index (χ0v) is 11.2. The van der Waals surface area contributed by atoms with Crippen molar-refractivity contribution in [1.82, 2.24) is 0 Å². The first-order chi connectivity index (χ1) is 8.38. The Balaban J connectivity index is 2.14. The van der Waals surface area contributed by atoms with Crippen LogP contribution in [0.2, 0.25) is 0 Å². The minimum absolute atomic E-state index is 0.0392. The molecule has 0 atom stereocenters. The highest BCUT2D eigenvalue weighted by Crippen LogP contribution is 2.77. The molecule has 1 aromatic carbocycles. The van der Waals surface area contributed by atoms with Crippen LogP contribution in [0.1, 0.15) is 33.3 Å². The number of nitrogens with zero attached hydrogens (tertiary/aromatic N) is 1. The standard InChI is InChI=1S/C15H17NO2/c1-13(2)14(3,4)15(13,8-16)10-5-6-11-12(7-10)18-9-17-11/h5-7H,9H2,1-4H3. The van der Waals surface area contributed by atoms with Gasteiger partial charge in [-0.1, -0.05) is 33.8 Å². The first kappa shape index (κ1) is 11.4. The Morgan fingerprint density at radius 3 is 2.22 bits per heavy atom. The van der Waals surface area contributed by atoms with Crippen LogP contribution in [0.15, 0.2) is 18.2 Å². The highest BCUT2D eigenvalue weighted by molar-refractivity contribution is 5.56. The molecule has 1 aromatic rings. The summed E-state index contributed by atoms with van der Waals surface area (Å²) in [4.78, 5) is 0. The van der Waals surface area contributed by atoms with Gasteiger partial charge in [-0.05, 0) is 28.5 Å². The van der Waals surface area contributed by atoms with E-state index in [0.29, 0.717) is 0 Å². The second kappa shape index (κ2) is 3.00. The number of nitriles is 1. The fraction of sp³-hybridized carbons (Fsp3) is 0.533. The lowest BCUT2D eigenvalue weighted by atomic mass is 9.87. The Hall–Kier alpha value is -1.69. The highest BCUT2D eigenvalue weighted by Gasteiger charge is 2.78. The second-order valence-corrected chi connectivity index (χ2v) is 6.18. The van der Waals surface area contributed by atoms with Gasteiger partial charge in [-0.15, -0.1) is 0 Å². The van der Waals surface area contributed by atoms with Crippen LogP contribution in [0, 0.1) is 22.2 Å². The van der Waals surface area contributed by atoms with E-state index in [1.165, 1.54) is 0 Å². The maximum atomic E-state index is 9.71. The van der Waals surface area contributed by atoms with Crippen molar-refractivity contribution in [3.05, 3.63) is 23.8 Å². The van der Waals surface area contributed by atoms with Gasteiger partial charge in [0.2, 0.25) is 6.79 Å². The number of hydrogen-bond donors (Lipinski definition) is 0. The molecule has 1 aliphatic heterocycles. The molecule has 1 aliphatic carbocycles. The number of rotatable bonds is 1. The van der Waals surface area contributed by atoms with Crippen molar-refractivity contribution in [3.8, 4) is 17.6 Å². The topological polar surface area (TPSA) is 42.2 Å². The molecule has 0 spiro atoms. The Kier molecular flexibility index (Phi) is 1.90. The van der Waals surface area contributed by atoms with Crippen molar-refractivity contribution < 1.29 is 9.47 Å². The molecule has 0 unspecified atom stereocenters. The molecule has 0 bridgehead atoms. The first-order valence-corrected chi connectivity index (χ1v) is 6.20. The molecular formula is C15H17NO2. The van der Waals surface area contributed by atoms with Crippen LogP contribution in [0.4, 0.5) is 0 Å². The Bertz CT molecular complexity index is 552. The van der Waals surface area contributed by atoms with E-state index in [0.717, 1.165) is 17.1 Å². The van der Waals surface area contributed by atoms with E-state index >= 15 is 0 Å². The van der Waals surface area contributed by atoms with Crippen molar-refractivity contribution in [1.29, 1.82) is 5.26 Å². The van der Waals surface area contributed by atoms with E-state index in [-0.39, 0.29) is 17.6 Å². The van der Waals surface area contributed by atoms with Crippen molar-refractivity contribution in [2.45, 2.75) is 33.1 Å². The third-order valence-corrected chi connectivity index (χ3v) is 5.35. The SMILES string of the molecule is CC1(C)C(C)(C)C1(C#N)c1ccc2c(c1)OCO2. The molecule has 0 N–H and O–H groups in total. The summed E-state index contributed by atoms with van der Waals surface area (Å²) in [7, 11) is 0. The molecule has 1 heterocycles. The Labute approximate surface area is 107 Å². The number of benzene rings is 1. The number of fused-ring (bicyclic) bond motifs is 1. The van der Waals surface area contributed by atoms with E-state index in [9.17, 15) is 5.26 Å². The van der Waals surface area contributed by atoms with Gasteiger partial charge in [0, 0.05) is 0 Å². The molecule has 94 valence electrons. The van der Waals surface area contributed by atoms with Gasteiger partial charge in [-0.25, -0.2) is 0 Å². The van der Waals surface area contributed by atoms with Crippen LogP contribution in [0.25, 0.3) is 0 Å². The summed E-state index contributed by atoms with van der Waals surface area (Å²) in [6.07, 6.45) is 0. The average Bonchev–Trinajstić information content (AvgIpc) is 2.69. The number of hydrogen-bond acceptors (Lipinski definition) is 3. The molecular weight excluding hydrogens is 226 g/mol. The highest BCUT2D eigenvalue weighted by atomic mass is 16.7. The lowest BCUT2D eigenvalue weighted by Gasteiger charge is -2.13. The second-order valence-electron chi connectivity index (χ2n) is 6.18. The van der Waals surface area contributed by atoms with E-state index in [4.69, 9.17) is 9.47 Å². The van der Waals surface area contributed by atoms with Crippen LogP contribution >= 0.6 is 0 Å². The van der Waals surface area contributed by atoms with Gasteiger partial charge in [0.1, 0.15) is 0 Å². The van der Waals surface area contributed by atoms with Gasteiger partial charge in [0.05, 0.1) is 11.5 Å². The lowest BCUT2D eigenvalue weighted by molar-refractivity contribution is 0.174. The molecule has 3 nitrogen and oxygen atoms in total. The molecule has 3 rings (SSSR count). The van der Waals surface area contributed by atoms with E-state index in [1.807, 2.05) is 18.2 Å². The fourth-order valence-electron chi connectivity index (χ4n) is 3.51. The summed E-state index contributed by atoms with van der Waals surface area (Å²) in [5.74, 6) is 1.52. The molecule has 1 saturated carbocycles. The summed E-state index contributed by atoms with van der Waals surface area (Å²) in [5, 5.41) is 9.71. The lowest BCUT2D eigenvalue weighted by Crippen LogP contribution is -2.13. The molecule has 0 aromatic heterocycles. The molecule has 0 saturated heterocycles. The van der Waals surface area contributed by atoms with Crippen LogP contribution in [0.3, 0.4) is 0 Å². The molecule has 3 heteroatoms. The number of ether oxygens (including phenoxy) is 2. The van der Waals surface area contributed by atoms with E-state index in [2.05, 4.69) is 33.8 Å². The minimum atomic E-state index is -0.443. The predicted octanol–water partition coefficient (Wildman–Crippen LogP) is 3.24. The fourth-order valence-corrected chi connectivity index (χ4v) is 3.51. The van der Waals surface area contributed by atoms with Crippen LogP contribution in [-0.4, -0.2) is 6.79 Å². The Morgan fingerprint density at radius 2 is 1.67 bits per heavy atom. The molecule has 1 fully saturated rings. The van der Waals surface area contributed by atoms with Gasteiger partial charge >= 0.3 is 0 Å². The van der Waals surface area contributed by atoms with Crippen molar-refractivity contribution in [3.63, 3.8) is 0 Å². The van der Waals surface area contributed by atoms with Gasteiger partial charge in [0.15, 0.2) is 11.5 Å². The third-order valence-electron chi connectivity index (χ3n) is 5.35. The first-order valence-electron chi connectivity index (χ1n) is 6.20. The summed E-state index contributed by atoms with van der Waals surface area (Å²) in [6.45, 7) is 8.88. The largest absolute Gasteiger partial charge is 0.454 e. The molecule has 0 radical (unpaired) electrons. The van der Waals surface area contributed by atoms with Crippen LogP contribution < -0.4 is 9.47 Å². The van der Waals surface area contributed by atoms with Crippen molar-refractivity contribution in [2.24, 2.45) is 10.8 Å². The normalized spacial score (nSPS) is 24.4. The predicted molar refractivity (Wildman–Crippen MR) is 67.4 cm³/mol. The van der Waals surface area contributed by atoms with Crippen molar-refractivity contribution >= 4 is 0 Å². The van der Waals surface area contributed by atoms with Crippen LogP contribution in [-0.2, 0) is 5.41 Å². The minimum Gasteiger partial charge on any atom is -0.454 e. The maximum Gasteiger partial charge on any atom is 0.231 e. The monoisotopic (exact) mass is 243 g/mol. The zero-order valence-electron chi connectivity index (χ0n) is 11.2. The summed E-state index contributed by atoms with van der Waals surface area (Å²) >= 11 is 0. The van der Waals surface area contributed by atoms with Gasteiger partial charge in [-0.2, -0.15) is 5.26 Å². The average molecular weight is 243 g/mol. The third kappa shape index (κ3) is 0.963. The Morgan fingerprint density at radius 1 is 1.06 bits per heavy atom. The van der Waals surface area contributed by atoms with Crippen LogP contribution in [0.5, 0.6) is 11.5 Å². The summed E-state index contributed by atoms with van der Waals surface area (Å²) < 4.78 is 10.7. The van der Waals surface area contributed by atoms with E-state index < -0.39 is 5.41 Å². The van der Waals surface area contributed by atoms with Gasteiger partial charge < -0.3 is 9.47 Å². The summed E-state index contributed by atoms with van der Waals surface area (Å²) in [6, 6.07) is 8.40. The van der Waals surface area contributed by atoms with Crippen molar-refractivity contribution in [2.75, 3.05) is 6.79 Å².